The molecule has 1 aliphatic rings. The zero-order valence-electron chi connectivity index (χ0n) is 13.5. The Morgan fingerprint density at radius 3 is 2.32 bits per heavy atom. The molecule has 1 aliphatic carbocycles. The highest BCUT2D eigenvalue weighted by atomic mass is 16.3. The molecule has 116 valence electrons. The second-order valence-electron chi connectivity index (χ2n) is 6.15. The van der Waals surface area contributed by atoms with Crippen LogP contribution in [0.4, 0.5) is 5.69 Å². The summed E-state index contributed by atoms with van der Waals surface area (Å²) in [6, 6.07) is 17.1. The highest BCUT2D eigenvalue weighted by molar-refractivity contribution is 5.47. The number of aliphatic hydroxyl groups excluding tert-OH is 1. The fraction of sp³-hybridized carbons (Fsp3) is 0.400. The highest BCUT2D eigenvalue weighted by Gasteiger charge is 2.30. The summed E-state index contributed by atoms with van der Waals surface area (Å²) in [7, 11) is 0. The lowest BCUT2D eigenvalue weighted by Gasteiger charge is -2.21. The number of nitrogens with zero attached hydrogens (tertiary/aromatic N) is 1. The fourth-order valence-corrected chi connectivity index (χ4v) is 3.57. The van der Waals surface area contributed by atoms with E-state index in [4.69, 9.17) is 0 Å². The average Bonchev–Trinajstić information content (AvgIpc) is 2.87. The minimum atomic E-state index is -0.321. The van der Waals surface area contributed by atoms with E-state index in [1.807, 2.05) is 6.07 Å². The Morgan fingerprint density at radius 2 is 1.68 bits per heavy atom. The largest absolute Gasteiger partial charge is 0.388 e. The summed E-state index contributed by atoms with van der Waals surface area (Å²) in [5.41, 5.74) is 5.02. The van der Waals surface area contributed by atoms with Crippen molar-refractivity contribution in [1.29, 1.82) is 0 Å². The third-order valence-corrected chi connectivity index (χ3v) is 4.87. The van der Waals surface area contributed by atoms with Crippen LogP contribution in [0.5, 0.6) is 0 Å². The Morgan fingerprint density at radius 1 is 1.00 bits per heavy atom. The molecule has 2 heteroatoms. The topological polar surface area (TPSA) is 23.5 Å². The molecular formula is C20H25NO. The lowest BCUT2D eigenvalue weighted by molar-refractivity contribution is 0.123. The molecule has 2 atom stereocenters. The number of rotatable bonds is 5. The molecule has 0 saturated heterocycles. The highest BCUT2D eigenvalue weighted by Crippen LogP contribution is 2.37. The van der Waals surface area contributed by atoms with Crippen LogP contribution in [0.3, 0.4) is 0 Å². The van der Waals surface area contributed by atoms with Crippen molar-refractivity contribution in [2.75, 3.05) is 18.0 Å². The number of hydrogen-bond acceptors (Lipinski definition) is 2. The van der Waals surface area contributed by atoms with Crippen molar-refractivity contribution in [1.82, 2.24) is 0 Å². The molecule has 2 aromatic carbocycles. The van der Waals surface area contributed by atoms with E-state index < -0.39 is 0 Å². The van der Waals surface area contributed by atoms with Gasteiger partial charge in [0, 0.05) is 18.8 Å². The van der Waals surface area contributed by atoms with Gasteiger partial charge in [0.25, 0.3) is 0 Å². The van der Waals surface area contributed by atoms with Crippen LogP contribution < -0.4 is 4.90 Å². The molecule has 0 fully saturated rings. The van der Waals surface area contributed by atoms with E-state index in [0.717, 1.165) is 31.5 Å². The summed E-state index contributed by atoms with van der Waals surface area (Å²) in [5.74, 6) is 0.303. The van der Waals surface area contributed by atoms with Gasteiger partial charge in [-0.3, -0.25) is 0 Å². The third-order valence-electron chi connectivity index (χ3n) is 4.87. The van der Waals surface area contributed by atoms with Crippen molar-refractivity contribution >= 4 is 5.69 Å². The second kappa shape index (κ2) is 6.53. The number of anilines is 1. The summed E-state index contributed by atoms with van der Waals surface area (Å²) in [6.45, 7) is 6.44. The molecule has 0 aliphatic heterocycles. The van der Waals surface area contributed by atoms with Gasteiger partial charge in [0.15, 0.2) is 0 Å². The first-order valence-corrected chi connectivity index (χ1v) is 8.32. The van der Waals surface area contributed by atoms with E-state index in [2.05, 4.69) is 61.2 Å². The van der Waals surface area contributed by atoms with Crippen LogP contribution in [0.2, 0.25) is 0 Å². The molecule has 0 spiro atoms. The molecule has 3 rings (SSSR count). The predicted molar refractivity (Wildman–Crippen MR) is 92.3 cm³/mol. The molecular weight excluding hydrogens is 270 g/mol. The molecule has 0 radical (unpaired) electrons. The summed E-state index contributed by atoms with van der Waals surface area (Å²) < 4.78 is 0. The quantitative estimate of drug-likeness (QED) is 0.902. The maximum atomic E-state index is 10.5. The number of aliphatic hydroxyl groups is 1. The standard InChI is InChI=1S/C20H25NO/c1-3-21(4-2)18-11-9-15(10-12-18)13-17-14-16-7-5-6-8-19(16)20(17)22/h5-12,17,20,22H,3-4,13-14H2,1-2H3/t17-,20-/m0/s1. The van der Waals surface area contributed by atoms with Gasteiger partial charge in [-0.05, 0) is 61.4 Å². The lowest BCUT2D eigenvalue weighted by atomic mass is 9.94. The van der Waals surface area contributed by atoms with Gasteiger partial charge in [-0.1, -0.05) is 36.4 Å². The first-order valence-electron chi connectivity index (χ1n) is 8.32. The van der Waals surface area contributed by atoms with Gasteiger partial charge >= 0.3 is 0 Å². The van der Waals surface area contributed by atoms with Crippen LogP contribution in [-0.4, -0.2) is 18.2 Å². The van der Waals surface area contributed by atoms with Gasteiger partial charge in [-0.25, -0.2) is 0 Å². The van der Waals surface area contributed by atoms with Crippen LogP contribution >= 0.6 is 0 Å². The van der Waals surface area contributed by atoms with Crippen molar-refractivity contribution in [3.63, 3.8) is 0 Å². The fourth-order valence-electron chi connectivity index (χ4n) is 3.57. The average molecular weight is 295 g/mol. The van der Waals surface area contributed by atoms with E-state index in [9.17, 15) is 5.11 Å². The molecule has 0 saturated carbocycles. The minimum absolute atomic E-state index is 0.303. The number of fused-ring (bicyclic) bond motifs is 1. The molecule has 0 unspecified atom stereocenters. The van der Waals surface area contributed by atoms with E-state index in [0.29, 0.717) is 5.92 Å². The van der Waals surface area contributed by atoms with Gasteiger partial charge in [-0.2, -0.15) is 0 Å². The van der Waals surface area contributed by atoms with Gasteiger partial charge < -0.3 is 10.0 Å². The Kier molecular flexibility index (Phi) is 4.49. The van der Waals surface area contributed by atoms with Crippen molar-refractivity contribution in [2.24, 2.45) is 5.92 Å². The van der Waals surface area contributed by atoms with Gasteiger partial charge in [0.2, 0.25) is 0 Å². The monoisotopic (exact) mass is 295 g/mol. The molecule has 1 N–H and O–H groups in total. The van der Waals surface area contributed by atoms with Crippen molar-refractivity contribution < 1.29 is 5.11 Å². The van der Waals surface area contributed by atoms with E-state index in [1.54, 1.807) is 0 Å². The smallest absolute Gasteiger partial charge is 0.0827 e. The summed E-state index contributed by atoms with van der Waals surface area (Å²) in [6.07, 6.45) is 1.60. The summed E-state index contributed by atoms with van der Waals surface area (Å²) >= 11 is 0. The SMILES string of the molecule is CCN(CC)c1ccc(C[C@H]2Cc3ccccc3[C@H]2O)cc1. The van der Waals surface area contributed by atoms with Crippen molar-refractivity contribution in [2.45, 2.75) is 32.8 Å². The Balaban J connectivity index is 1.70. The number of hydrogen-bond donors (Lipinski definition) is 1. The van der Waals surface area contributed by atoms with Gasteiger partial charge in [-0.15, -0.1) is 0 Å². The molecule has 0 heterocycles. The Labute approximate surface area is 133 Å². The maximum Gasteiger partial charge on any atom is 0.0827 e. The molecule has 2 nitrogen and oxygen atoms in total. The summed E-state index contributed by atoms with van der Waals surface area (Å²) in [4.78, 5) is 2.35. The maximum absolute atomic E-state index is 10.5. The first kappa shape index (κ1) is 15.1. The van der Waals surface area contributed by atoms with Crippen LogP contribution in [0.15, 0.2) is 48.5 Å². The van der Waals surface area contributed by atoms with E-state index in [1.165, 1.54) is 16.8 Å². The van der Waals surface area contributed by atoms with Crippen LogP contribution in [-0.2, 0) is 12.8 Å². The van der Waals surface area contributed by atoms with Crippen LogP contribution in [0, 0.1) is 5.92 Å². The predicted octanol–water partition coefficient (Wildman–Crippen LogP) is 3.98. The lowest BCUT2D eigenvalue weighted by Crippen LogP contribution is -2.21. The molecule has 22 heavy (non-hydrogen) atoms. The zero-order chi connectivity index (χ0) is 15.5. The molecule has 0 amide bonds. The van der Waals surface area contributed by atoms with Gasteiger partial charge in [0.1, 0.15) is 0 Å². The Bertz CT molecular complexity index is 616. The van der Waals surface area contributed by atoms with E-state index in [-0.39, 0.29) is 6.10 Å². The third kappa shape index (κ3) is 2.89. The zero-order valence-corrected chi connectivity index (χ0v) is 13.5. The Hall–Kier alpha value is -1.80. The van der Waals surface area contributed by atoms with Crippen LogP contribution in [0.1, 0.15) is 36.6 Å². The minimum Gasteiger partial charge on any atom is -0.388 e. The first-order chi connectivity index (χ1) is 10.7. The normalized spacial score (nSPS) is 20.0. The molecule has 0 aromatic heterocycles. The van der Waals surface area contributed by atoms with Crippen molar-refractivity contribution in [3.8, 4) is 0 Å². The summed E-state index contributed by atoms with van der Waals surface area (Å²) in [5, 5.41) is 10.5. The van der Waals surface area contributed by atoms with Gasteiger partial charge in [0.05, 0.1) is 6.10 Å². The second-order valence-corrected chi connectivity index (χ2v) is 6.15. The van der Waals surface area contributed by atoms with E-state index >= 15 is 0 Å². The van der Waals surface area contributed by atoms with Crippen LogP contribution in [0.25, 0.3) is 0 Å². The van der Waals surface area contributed by atoms with Crippen molar-refractivity contribution in [3.05, 3.63) is 65.2 Å². The number of benzene rings is 2. The molecule has 2 aromatic rings. The molecule has 0 bridgehead atoms.